The quantitative estimate of drug-likeness (QED) is 0.478. The fourth-order valence-corrected chi connectivity index (χ4v) is 4.87. The predicted molar refractivity (Wildman–Crippen MR) is 115 cm³/mol. The number of aryl methyl sites for hydroxylation is 2. The first-order chi connectivity index (χ1) is 14.6. The van der Waals surface area contributed by atoms with Gasteiger partial charge in [0.1, 0.15) is 17.3 Å². The number of esters is 1. The molecule has 0 radical (unpaired) electrons. The van der Waals surface area contributed by atoms with Gasteiger partial charge in [-0.05, 0) is 55.0 Å². The van der Waals surface area contributed by atoms with Crippen molar-refractivity contribution in [2.75, 3.05) is 14.2 Å². The third kappa shape index (κ3) is 4.09. The average Bonchev–Trinajstić information content (AvgIpc) is 3.14. The number of H-pyrrole nitrogens is 1. The fraction of sp³-hybridized carbons (Fsp3) is 0.318. The zero-order chi connectivity index (χ0) is 21.1. The molecular formula is C22H22N2O5S. The van der Waals surface area contributed by atoms with E-state index in [4.69, 9.17) is 14.2 Å². The molecule has 0 spiro atoms. The summed E-state index contributed by atoms with van der Waals surface area (Å²) in [6.45, 7) is -0.0944. The lowest BCUT2D eigenvalue weighted by Crippen LogP contribution is -2.14. The number of carbonyl (C=O) groups excluding carboxylic acids is 1. The zero-order valence-corrected chi connectivity index (χ0v) is 17.6. The fourth-order valence-electron chi connectivity index (χ4n) is 3.59. The van der Waals surface area contributed by atoms with Crippen LogP contribution in [0.25, 0.3) is 16.3 Å². The number of thiophene rings is 1. The van der Waals surface area contributed by atoms with E-state index in [1.165, 1.54) is 11.0 Å². The molecule has 30 heavy (non-hydrogen) atoms. The van der Waals surface area contributed by atoms with Gasteiger partial charge in [-0.15, -0.1) is 11.3 Å². The molecule has 1 aromatic carbocycles. The van der Waals surface area contributed by atoms with E-state index >= 15 is 0 Å². The molecule has 0 amide bonds. The number of benzene rings is 1. The number of carbonyl (C=O) groups is 1. The molecule has 1 aliphatic carbocycles. The summed E-state index contributed by atoms with van der Waals surface area (Å²) in [5, 5.41) is 0.693. The molecule has 4 rings (SSSR count). The summed E-state index contributed by atoms with van der Waals surface area (Å²) in [5.41, 5.74) is 1.74. The van der Waals surface area contributed by atoms with Crippen molar-refractivity contribution in [2.24, 2.45) is 0 Å². The summed E-state index contributed by atoms with van der Waals surface area (Å²) >= 11 is 1.57. The minimum Gasteiger partial charge on any atom is -0.493 e. The number of nitrogens with one attached hydrogen (secondary N) is 1. The second-order valence-corrected chi connectivity index (χ2v) is 8.04. The SMILES string of the molecule is COc1ccc(/C=C/C(=O)OCc2nc3sc4c(c3c(=O)[nH]2)CCCC4)cc1OC. The van der Waals surface area contributed by atoms with Gasteiger partial charge in [0.05, 0.1) is 19.6 Å². The molecule has 0 bridgehead atoms. The Hall–Kier alpha value is -3.13. The van der Waals surface area contributed by atoms with Gasteiger partial charge < -0.3 is 19.2 Å². The number of methoxy groups -OCH3 is 2. The highest BCUT2D eigenvalue weighted by molar-refractivity contribution is 7.18. The summed E-state index contributed by atoms with van der Waals surface area (Å²) in [5.74, 6) is 0.997. The highest BCUT2D eigenvalue weighted by atomic mass is 32.1. The third-order valence-electron chi connectivity index (χ3n) is 5.04. The van der Waals surface area contributed by atoms with E-state index in [2.05, 4.69) is 9.97 Å². The standard InChI is InChI=1S/C22H22N2O5S/c1-27-15-9-7-13(11-16(15)28-2)8-10-19(25)29-12-18-23-21(26)20-14-5-3-4-6-17(14)30-22(20)24-18/h7-11H,3-6,12H2,1-2H3,(H,23,24,26)/b10-8+. The molecule has 0 aliphatic heterocycles. The average molecular weight is 426 g/mol. The van der Waals surface area contributed by atoms with Gasteiger partial charge in [-0.1, -0.05) is 6.07 Å². The topological polar surface area (TPSA) is 90.5 Å². The molecular weight excluding hydrogens is 404 g/mol. The summed E-state index contributed by atoms with van der Waals surface area (Å²) in [6.07, 6.45) is 7.12. The number of ether oxygens (including phenoxy) is 3. The van der Waals surface area contributed by atoms with Crippen LogP contribution in [0.3, 0.4) is 0 Å². The smallest absolute Gasteiger partial charge is 0.331 e. The van der Waals surface area contributed by atoms with Crippen LogP contribution in [0.1, 0.15) is 34.7 Å². The van der Waals surface area contributed by atoms with Crippen LogP contribution in [0.15, 0.2) is 29.1 Å². The zero-order valence-electron chi connectivity index (χ0n) is 16.8. The molecule has 1 aliphatic rings. The molecule has 0 saturated carbocycles. The van der Waals surface area contributed by atoms with Crippen molar-refractivity contribution in [1.82, 2.24) is 9.97 Å². The first-order valence-electron chi connectivity index (χ1n) is 9.69. The number of fused-ring (bicyclic) bond motifs is 3. The molecule has 0 fully saturated rings. The van der Waals surface area contributed by atoms with Crippen LogP contribution in [0, 0.1) is 0 Å². The first kappa shape index (κ1) is 20.2. The Morgan fingerprint density at radius 1 is 1.20 bits per heavy atom. The van der Waals surface area contributed by atoms with Gasteiger partial charge in [0, 0.05) is 11.0 Å². The van der Waals surface area contributed by atoms with Crippen molar-refractivity contribution in [1.29, 1.82) is 0 Å². The van der Waals surface area contributed by atoms with E-state index in [9.17, 15) is 9.59 Å². The molecule has 0 unspecified atom stereocenters. The molecule has 0 saturated heterocycles. The van der Waals surface area contributed by atoms with Gasteiger partial charge >= 0.3 is 5.97 Å². The number of hydrogen-bond donors (Lipinski definition) is 1. The van der Waals surface area contributed by atoms with E-state index in [1.54, 1.807) is 49.8 Å². The van der Waals surface area contributed by atoms with Gasteiger partial charge in [0.15, 0.2) is 11.5 Å². The van der Waals surface area contributed by atoms with Crippen molar-refractivity contribution in [2.45, 2.75) is 32.3 Å². The number of aromatic amines is 1. The highest BCUT2D eigenvalue weighted by Crippen LogP contribution is 2.33. The van der Waals surface area contributed by atoms with Crippen molar-refractivity contribution in [3.8, 4) is 11.5 Å². The van der Waals surface area contributed by atoms with Crippen molar-refractivity contribution in [3.05, 3.63) is 56.5 Å². The Bertz CT molecular complexity index is 1180. The normalized spacial score (nSPS) is 13.4. The number of rotatable bonds is 6. The maximum absolute atomic E-state index is 12.5. The van der Waals surface area contributed by atoms with Crippen LogP contribution in [0.4, 0.5) is 0 Å². The second kappa shape index (κ2) is 8.71. The lowest BCUT2D eigenvalue weighted by Gasteiger charge is -2.09. The number of aromatic nitrogens is 2. The molecule has 0 atom stereocenters. The molecule has 2 heterocycles. The molecule has 3 aromatic rings. The largest absolute Gasteiger partial charge is 0.493 e. The molecule has 8 heteroatoms. The van der Waals surface area contributed by atoms with E-state index < -0.39 is 5.97 Å². The van der Waals surface area contributed by atoms with Crippen LogP contribution in [0.2, 0.25) is 0 Å². The van der Waals surface area contributed by atoms with Crippen LogP contribution in [-0.2, 0) is 29.0 Å². The molecule has 156 valence electrons. The lowest BCUT2D eigenvalue weighted by atomic mass is 9.97. The molecule has 1 N–H and O–H groups in total. The monoisotopic (exact) mass is 426 g/mol. The number of hydrogen-bond acceptors (Lipinski definition) is 7. The van der Waals surface area contributed by atoms with Gasteiger partial charge in [0.25, 0.3) is 5.56 Å². The highest BCUT2D eigenvalue weighted by Gasteiger charge is 2.19. The van der Waals surface area contributed by atoms with Crippen LogP contribution in [0.5, 0.6) is 11.5 Å². The van der Waals surface area contributed by atoms with Gasteiger partial charge in [-0.25, -0.2) is 9.78 Å². The Morgan fingerprint density at radius 3 is 2.80 bits per heavy atom. The van der Waals surface area contributed by atoms with E-state index in [1.807, 2.05) is 0 Å². The second-order valence-electron chi connectivity index (χ2n) is 6.96. The minimum absolute atomic E-state index is 0.0944. The van der Waals surface area contributed by atoms with E-state index in [-0.39, 0.29) is 12.2 Å². The Balaban J connectivity index is 1.44. The Morgan fingerprint density at radius 2 is 2.00 bits per heavy atom. The van der Waals surface area contributed by atoms with Crippen molar-refractivity contribution >= 4 is 33.6 Å². The summed E-state index contributed by atoms with van der Waals surface area (Å²) in [7, 11) is 3.11. The van der Waals surface area contributed by atoms with E-state index in [0.717, 1.165) is 41.6 Å². The summed E-state index contributed by atoms with van der Waals surface area (Å²) in [6, 6.07) is 5.32. The van der Waals surface area contributed by atoms with Crippen molar-refractivity contribution < 1.29 is 19.0 Å². The minimum atomic E-state index is -0.530. The molecule has 7 nitrogen and oxygen atoms in total. The summed E-state index contributed by atoms with van der Waals surface area (Å²) < 4.78 is 15.7. The Kier molecular flexibility index (Phi) is 5.85. The van der Waals surface area contributed by atoms with Crippen molar-refractivity contribution in [3.63, 3.8) is 0 Å². The Labute approximate surface area is 177 Å². The lowest BCUT2D eigenvalue weighted by molar-refractivity contribution is -0.139. The van der Waals surface area contributed by atoms with Crippen LogP contribution >= 0.6 is 11.3 Å². The summed E-state index contributed by atoms with van der Waals surface area (Å²) in [4.78, 5) is 33.9. The maximum Gasteiger partial charge on any atom is 0.331 e. The first-order valence-corrected chi connectivity index (χ1v) is 10.5. The van der Waals surface area contributed by atoms with Gasteiger partial charge in [0.2, 0.25) is 0 Å². The maximum atomic E-state index is 12.5. The predicted octanol–water partition coefficient (Wildman–Crippen LogP) is 3.64. The van der Waals surface area contributed by atoms with E-state index in [0.29, 0.717) is 22.7 Å². The molecule has 2 aromatic heterocycles. The van der Waals surface area contributed by atoms with Gasteiger partial charge in [-0.2, -0.15) is 0 Å². The van der Waals surface area contributed by atoms with Crippen LogP contribution in [-0.4, -0.2) is 30.2 Å². The number of nitrogens with zero attached hydrogens (tertiary/aromatic N) is 1. The van der Waals surface area contributed by atoms with Gasteiger partial charge in [-0.3, -0.25) is 4.79 Å². The third-order valence-corrected chi connectivity index (χ3v) is 6.23. The van der Waals surface area contributed by atoms with Crippen LogP contribution < -0.4 is 15.0 Å².